The quantitative estimate of drug-likeness (QED) is 0.536. The third-order valence-electron chi connectivity index (χ3n) is 5.72. The average Bonchev–Trinajstić information content (AvgIpc) is 2.88. The summed E-state index contributed by atoms with van der Waals surface area (Å²) in [5.41, 5.74) is 1.97. The van der Waals surface area contributed by atoms with Crippen LogP contribution in [0.1, 0.15) is 15.9 Å². The summed E-state index contributed by atoms with van der Waals surface area (Å²) in [5, 5.41) is 16.9. The Kier molecular flexibility index (Phi) is 8.63. The lowest BCUT2D eigenvalue weighted by Crippen LogP contribution is -2.48. The van der Waals surface area contributed by atoms with Gasteiger partial charge >= 0.3 is 11.9 Å². The fourth-order valence-corrected chi connectivity index (χ4v) is 3.93. The third kappa shape index (κ3) is 6.48. The van der Waals surface area contributed by atoms with Crippen LogP contribution in [0, 0.1) is 0 Å². The molecule has 1 heterocycles. The van der Waals surface area contributed by atoms with E-state index in [1.165, 1.54) is 5.56 Å². The van der Waals surface area contributed by atoms with Crippen LogP contribution < -0.4 is 9.47 Å². The summed E-state index contributed by atoms with van der Waals surface area (Å²) in [6.07, 6.45) is 0. The molecule has 0 saturated carbocycles. The van der Waals surface area contributed by atoms with Crippen LogP contribution in [0.5, 0.6) is 11.5 Å². The van der Waals surface area contributed by atoms with Gasteiger partial charge in [-0.3, -0.25) is 9.69 Å². The van der Waals surface area contributed by atoms with Crippen molar-refractivity contribution in [1.29, 1.82) is 0 Å². The number of nitrogens with zero attached hydrogens (tertiary/aromatic N) is 2. The van der Waals surface area contributed by atoms with E-state index in [0.717, 1.165) is 60.6 Å². The number of methoxy groups -OCH3 is 2. The molecule has 35 heavy (non-hydrogen) atoms. The maximum absolute atomic E-state index is 13.1. The van der Waals surface area contributed by atoms with Gasteiger partial charge < -0.3 is 24.6 Å². The minimum atomic E-state index is -1.82. The Balaban J connectivity index is 0.000000509. The molecule has 2 N–H and O–H groups in total. The monoisotopic (exact) mass is 480 g/mol. The van der Waals surface area contributed by atoms with Crippen molar-refractivity contribution in [2.24, 2.45) is 0 Å². The molecular weight excluding hydrogens is 452 g/mol. The molecule has 1 aliphatic rings. The minimum absolute atomic E-state index is 0.118. The number of hydrogen-bond donors (Lipinski definition) is 2. The molecule has 1 fully saturated rings. The number of hydrogen-bond acceptors (Lipinski definition) is 6. The van der Waals surface area contributed by atoms with E-state index in [4.69, 9.17) is 29.3 Å². The van der Waals surface area contributed by atoms with Crippen LogP contribution in [0.15, 0.2) is 60.7 Å². The van der Waals surface area contributed by atoms with E-state index in [2.05, 4.69) is 11.0 Å². The van der Waals surface area contributed by atoms with Crippen LogP contribution in [0.4, 0.5) is 0 Å². The molecule has 0 aromatic heterocycles. The van der Waals surface area contributed by atoms with Crippen molar-refractivity contribution in [2.45, 2.75) is 6.54 Å². The first kappa shape index (κ1) is 25.5. The summed E-state index contributed by atoms with van der Waals surface area (Å²) in [6, 6.07) is 20.0. The number of carboxylic acid groups (broad SMARTS) is 2. The summed E-state index contributed by atoms with van der Waals surface area (Å²) >= 11 is 0. The van der Waals surface area contributed by atoms with Crippen LogP contribution in [0.2, 0.25) is 0 Å². The van der Waals surface area contributed by atoms with Crippen LogP contribution in [0.25, 0.3) is 10.8 Å². The Morgan fingerprint density at radius 1 is 0.800 bits per heavy atom. The fourth-order valence-electron chi connectivity index (χ4n) is 3.93. The average molecular weight is 481 g/mol. The maximum atomic E-state index is 13.1. The zero-order chi connectivity index (χ0) is 25.4. The van der Waals surface area contributed by atoms with Crippen molar-refractivity contribution in [3.8, 4) is 11.5 Å². The Morgan fingerprint density at radius 3 is 2.06 bits per heavy atom. The number of piperazine rings is 1. The SMILES string of the molecule is COc1ccc(CN2CCN(C(=O)c3cccc4ccccc34)CC2)cc1OC.O=C(O)C(=O)O. The molecule has 0 aliphatic carbocycles. The van der Waals surface area contributed by atoms with Gasteiger partial charge in [0.15, 0.2) is 11.5 Å². The molecule has 9 nitrogen and oxygen atoms in total. The Hall–Kier alpha value is -4.11. The van der Waals surface area contributed by atoms with Gasteiger partial charge in [-0.25, -0.2) is 9.59 Å². The Labute approximate surface area is 203 Å². The molecule has 0 atom stereocenters. The van der Waals surface area contributed by atoms with E-state index in [-0.39, 0.29) is 5.91 Å². The number of ether oxygens (including phenoxy) is 2. The topological polar surface area (TPSA) is 117 Å². The van der Waals surface area contributed by atoms with E-state index >= 15 is 0 Å². The number of carboxylic acids is 2. The summed E-state index contributed by atoms with van der Waals surface area (Å²) < 4.78 is 10.7. The molecule has 1 saturated heterocycles. The number of carbonyl (C=O) groups is 3. The lowest BCUT2D eigenvalue weighted by molar-refractivity contribution is -0.159. The highest BCUT2D eigenvalue weighted by Gasteiger charge is 2.23. The molecule has 1 aliphatic heterocycles. The van der Waals surface area contributed by atoms with Crippen molar-refractivity contribution in [3.63, 3.8) is 0 Å². The van der Waals surface area contributed by atoms with E-state index < -0.39 is 11.9 Å². The van der Waals surface area contributed by atoms with E-state index in [1.54, 1.807) is 14.2 Å². The smallest absolute Gasteiger partial charge is 0.414 e. The predicted molar refractivity (Wildman–Crippen MR) is 130 cm³/mol. The lowest BCUT2D eigenvalue weighted by Gasteiger charge is -2.35. The van der Waals surface area contributed by atoms with E-state index in [1.807, 2.05) is 59.5 Å². The van der Waals surface area contributed by atoms with Crippen LogP contribution in [0.3, 0.4) is 0 Å². The van der Waals surface area contributed by atoms with E-state index in [0.29, 0.717) is 0 Å². The second-order valence-corrected chi connectivity index (χ2v) is 7.89. The summed E-state index contributed by atoms with van der Waals surface area (Å²) in [6.45, 7) is 4.00. The number of benzene rings is 3. The number of aliphatic carboxylic acids is 2. The predicted octanol–water partition coefficient (Wildman–Crippen LogP) is 2.97. The summed E-state index contributed by atoms with van der Waals surface area (Å²) in [4.78, 5) is 35.6. The number of rotatable bonds is 5. The maximum Gasteiger partial charge on any atom is 0.414 e. The van der Waals surface area contributed by atoms with Gasteiger partial charge in [0.25, 0.3) is 5.91 Å². The molecule has 184 valence electrons. The van der Waals surface area contributed by atoms with Crippen LogP contribution in [-0.2, 0) is 16.1 Å². The second kappa shape index (κ2) is 11.8. The highest BCUT2D eigenvalue weighted by molar-refractivity contribution is 6.27. The molecule has 1 amide bonds. The zero-order valence-corrected chi connectivity index (χ0v) is 19.6. The molecular formula is C26H28N2O7. The number of carbonyl (C=O) groups excluding carboxylic acids is 1. The molecule has 3 aromatic rings. The van der Waals surface area contributed by atoms with Crippen molar-refractivity contribution < 1.29 is 34.1 Å². The minimum Gasteiger partial charge on any atom is -0.493 e. The standard InChI is InChI=1S/C24H26N2O3.C2H2O4/c1-28-22-11-10-18(16-23(22)29-2)17-25-12-14-26(15-13-25)24(27)21-9-5-7-19-6-3-4-8-20(19)21;3-1(4)2(5)6/h3-11,16H,12-15,17H2,1-2H3;(H,3,4)(H,5,6). The summed E-state index contributed by atoms with van der Waals surface area (Å²) in [5.74, 6) is -2.05. The van der Waals surface area contributed by atoms with Gasteiger partial charge in [-0.05, 0) is 34.5 Å². The first-order chi connectivity index (χ1) is 16.8. The first-order valence-corrected chi connectivity index (χ1v) is 11.0. The van der Waals surface area contributed by atoms with Gasteiger partial charge in [0.1, 0.15) is 0 Å². The van der Waals surface area contributed by atoms with Crippen LogP contribution >= 0.6 is 0 Å². The van der Waals surface area contributed by atoms with Gasteiger partial charge in [-0.1, -0.05) is 42.5 Å². The van der Waals surface area contributed by atoms with Crippen molar-refractivity contribution in [1.82, 2.24) is 9.80 Å². The summed E-state index contributed by atoms with van der Waals surface area (Å²) in [7, 11) is 3.29. The lowest BCUT2D eigenvalue weighted by atomic mass is 10.0. The van der Waals surface area contributed by atoms with Gasteiger partial charge in [0.05, 0.1) is 14.2 Å². The third-order valence-corrected chi connectivity index (χ3v) is 5.72. The first-order valence-electron chi connectivity index (χ1n) is 11.0. The van der Waals surface area contributed by atoms with Crippen LogP contribution in [-0.4, -0.2) is 78.3 Å². The molecule has 0 radical (unpaired) electrons. The largest absolute Gasteiger partial charge is 0.493 e. The Bertz CT molecular complexity index is 1190. The normalized spacial score (nSPS) is 13.5. The molecule has 4 rings (SSSR count). The van der Waals surface area contributed by atoms with Gasteiger partial charge in [0.2, 0.25) is 0 Å². The zero-order valence-electron chi connectivity index (χ0n) is 19.6. The molecule has 3 aromatic carbocycles. The number of amides is 1. The molecule has 0 spiro atoms. The molecule has 0 bridgehead atoms. The van der Waals surface area contributed by atoms with Crippen molar-refractivity contribution >= 4 is 28.6 Å². The van der Waals surface area contributed by atoms with E-state index in [9.17, 15) is 4.79 Å². The fraction of sp³-hybridized carbons (Fsp3) is 0.269. The molecule has 0 unspecified atom stereocenters. The second-order valence-electron chi connectivity index (χ2n) is 7.89. The van der Waals surface area contributed by atoms with Gasteiger partial charge in [0, 0.05) is 38.3 Å². The highest BCUT2D eigenvalue weighted by atomic mass is 16.5. The van der Waals surface area contributed by atoms with Crippen molar-refractivity contribution in [2.75, 3.05) is 40.4 Å². The Morgan fingerprint density at radius 2 is 1.43 bits per heavy atom. The van der Waals surface area contributed by atoms with Gasteiger partial charge in [-0.15, -0.1) is 0 Å². The van der Waals surface area contributed by atoms with Crippen molar-refractivity contribution in [3.05, 3.63) is 71.8 Å². The highest BCUT2D eigenvalue weighted by Crippen LogP contribution is 2.28. The molecule has 9 heteroatoms. The number of fused-ring (bicyclic) bond motifs is 1. The van der Waals surface area contributed by atoms with Gasteiger partial charge in [-0.2, -0.15) is 0 Å².